The topological polar surface area (TPSA) is 86.7 Å². The lowest BCUT2D eigenvalue weighted by molar-refractivity contribution is -0.391. The lowest BCUT2D eigenvalue weighted by Gasteiger charge is -2.01. The van der Waals surface area contributed by atoms with Gasteiger partial charge in [0.2, 0.25) is 5.82 Å². The molecule has 0 aliphatic carbocycles. The van der Waals surface area contributed by atoms with Gasteiger partial charge in [-0.1, -0.05) is 11.8 Å². The second-order valence-electron chi connectivity index (χ2n) is 3.66. The third kappa shape index (κ3) is 2.48. The molecule has 0 aliphatic heterocycles. The molecule has 94 valence electrons. The van der Waals surface area contributed by atoms with Gasteiger partial charge in [-0.25, -0.2) is 9.55 Å². The Morgan fingerprint density at radius 2 is 2.33 bits per heavy atom. The molecule has 0 saturated carbocycles. The molecule has 18 heavy (non-hydrogen) atoms. The van der Waals surface area contributed by atoms with E-state index in [9.17, 15) is 10.1 Å². The summed E-state index contributed by atoms with van der Waals surface area (Å²) in [5, 5.41) is 19.3. The SMILES string of the molecule is Cc1ccnnc1SCc1ncc([N+](=O)[O-])n1C. The molecule has 2 aromatic rings. The molecule has 0 bridgehead atoms. The zero-order valence-corrected chi connectivity index (χ0v) is 10.7. The van der Waals surface area contributed by atoms with Gasteiger partial charge in [0.1, 0.15) is 11.2 Å². The van der Waals surface area contributed by atoms with Crippen molar-refractivity contribution in [1.82, 2.24) is 19.7 Å². The van der Waals surface area contributed by atoms with Crippen LogP contribution in [0, 0.1) is 17.0 Å². The van der Waals surface area contributed by atoms with Gasteiger partial charge in [-0.2, -0.15) is 5.10 Å². The van der Waals surface area contributed by atoms with E-state index in [2.05, 4.69) is 15.2 Å². The van der Waals surface area contributed by atoms with Crippen LogP contribution in [0.15, 0.2) is 23.5 Å². The number of hydrogen-bond acceptors (Lipinski definition) is 6. The Hall–Kier alpha value is -1.96. The van der Waals surface area contributed by atoms with Crippen LogP contribution in [0.3, 0.4) is 0 Å². The lowest BCUT2D eigenvalue weighted by Crippen LogP contribution is -2.01. The minimum Gasteiger partial charge on any atom is -0.358 e. The van der Waals surface area contributed by atoms with Crippen LogP contribution in [0.25, 0.3) is 0 Å². The van der Waals surface area contributed by atoms with Crippen LogP contribution >= 0.6 is 11.8 Å². The highest BCUT2D eigenvalue weighted by molar-refractivity contribution is 7.98. The molecule has 0 amide bonds. The summed E-state index contributed by atoms with van der Waals surface area (Å²) in [5.74, 6) is 1.14. The molecule has 0 unspecified atom stereocenters. The van der Waals surface area contributed by atoms with Gasteiger partial charge >= 0.3 is 5.82 Å². The predicted octanol–water partition coefficient (Wildman–Crippen LogP) is 1.72. The lowest BCUT2D eigenvalue weighted by atomic mass is 10.4. The van der Waals surface area contributed by atoms with Crippen molar-refractivity contribution < 1.29 is 4.92 Å². The van der Waals surface area contributed by atoms with Crippen LogP contribution in [-0.2, 0) is 12.8 Å². The Morgan fingerprint density at radius 1 is 1.56 bits per heavy atom. The molecular formula is C10H11N5O2S. The normalized spacial score (nSPS) is 10.6. The first kappa shape index (κ1) is 12.5. The van der Waals surface area contributed by atoms with E-state index in [1.807, 2.05) is 13.0 Å². The van der Waals surface area contributed by atoms with Gasteiger partial charge in [-0.3, -0.25) is 0 Å². The second-order valence-corrected chi connectivity index (χ2v) is 4.62. The fourth-order valence-electron chi connectivity index (χ4n) is 1.40. The predicted molar refractivity (Wildman–Crippen MR) is 66.2 cm³/mol. The van der Waals surface area contributed by atoms with E-state index in [1.54, 1.807) is 13.2 Å². The highest BCUT2D eigenvalue weighted by atomic mass is 32.2. The van der Waals surface area contributed by atoms with Gasteiger partial charge in [0.15, 0.2) is 0 Å². The second kappa shape index (κ2) is 5.13. The van der Waals surface area contributed by atoms with Gasteiger partial charge in [-0.05, 0) is 23.5 Å². The maximum Gasteiger partial charge on any atom is 0.342 e. The zero-order valence-electron chi connectivity index (χ0n) is 9.90. The monoisotopic (exact) mass is 265 g/mol. The number of nitro groups is 1. The summed E-state index contributed by atoms with van der Waals surface area (Å²) in [6, 6.07) is 1.87. The Kier molecular flexibility index (Phi) is 3.56. The van der Waals surface area contributed by atoms with E-state index in [0.29, 0.717) is 11.6 Å². The number of rotatable bonds is 4. The maximum atomic E-state index is 10.7. The summed E-state index contributed by atoms with van der Waals surface area (Å²) in [6.07, 6.45) is 2.89. The maximum absolute atomic E-state index is 10.7. The van der Waals surface area contributed by atoms with Crippen molar-refractivity contribution >= 4 is 17.6 Å². The molecule has 0 N–H and O–H groups in total. The van der Waals surface area contributed by atoms with Crippen LogP contribution in [0.1, 0.15) is 11.4 Å². The van der Waals surface area contributed by atoms with Gasteiger partial charge in [0, 0.05) is 6.20 Å². The molecule has 2 aromatic heterocycles. The first-order valence-electron chi connectivity index (χ1n) is 5.15. The first-order chi connectivity index (χ1) is 8.59. The van der Waals surface area contributed by atoms with Crippen molar-refractivity contribution in [3.63, 3.8) is 0 Å². The molecule has 7 nitrogen and oxygen atoms in total. The van der Waals surface area contributed by atoms with Crippen molar-refractivity contribution in [2.45, 2.75) is 17.7 Å². The Morgan fingerprint density at radius 3 is 2.94 bits per heavy atom. The van der Waals surface area contributed by atoms with Crippen molar-refractivity contribution in [3.8, 4) is 0 Å². The highest BCUT2D eigenvalue weighted by Crippen LogP contribution is 2.23. The standard InChI is InChI=1S/C10H11N5O2S/c1-7-3-4-12-13-10(7)18-6-8-11-5-9(14(8)2)15(16)17/h3-5H,6H2,1-2H3. The molecular weight excluding hydrogens is 254 g/mol. The largest absolute Gasteiger partial charge is 0.358 e. The molecule has 2 rings (SSSR count). The van der Waals surface area contributed by atoms with Crippen LogP contribution in [0.5, 0.6) is 0 Å². The number of imidazole rings is 1. The van der Waals surface area contributed by atoms with Crippen molar-refractivity contribution in [1.29, 1.82) is 0 Å². The average Bonchev–Trinajstić information content (AvgIpc) is 2.70. The summed E-state index contributed by atoms with van der Waals surface area (Å²) in [5.41, 5.74) is 1.03. The van der Waals surface area contributed by atoms with Crippen LogP contribution < -0.4 is 0 Å². The fraction of sp³-hybridized carbons (Fsp3) is 0.300. The molecule has 0 aliphatic rings. The van der Waals surface area contributed by atoms with Crippen LogP contribution in [-0.4, -0.2) is 24.7 Å². The molecule has 8 heteroatoms. The van der Waals surface area contributed by atoms with E-state index in [4.69, 9.17) is 0 Å². The highest BCUT2D eigenvalue weighted by Gasteiger charge is 2.16. The van der Waals surface area contributed by atoms with E-state index in [-0.39, 0.29) is 5.82 Å². The average molecular weight is 265 g/mol. The molecule has 0 radical (unpaired) electrons. The Bertz CT molecular complexity index is 583. The van der Waals surface area contributed by atoms with E-state index >= 15 is 0 Å². The molecule has 0 fully saturated rings. The number of thioether (sulfide) groups is 1. The fourth-order valence-corrected chi connectivity index (χ4v) is 2.33. The smallest absolute Gasteiger partial charge is 0.342 e. The Labute approximate surface area is 107 Å². The van der Waals surface area contributed by atoms with Crippen LogP contribution in [0.2, 0.25) is 0 Å². The number of aryl methyl sites for hydroxylation is 1. The minimum absolute atomic E-state index is 0.0125. The third-order valence-electron chi connectivity index (χ3n) is 2.46. The number of nitrogens with zero attached hydrogens (tertiary/aromatic N) is 5. The number of aromatic nitrogens is 4. The van der Waals surface area contributed by atoms with Gasteiger partial charge in [0.25, 0.3) is 0 Å². The number of hydrogen-bond donors (Lipinski definition) is 0. The van der Waals surface area contributed by atoms with Crippen molar-refractivity contribution in [2.75, 3.05) is 0 Å². The molecule has 0 atom stereocenters. The minimum atomic E-state index is -0.450. The summed E-state index contributed by atoms with van der Waals surface area (Å²) < 4.78 is 1.47. The first-order valence-corrected chi connectivity index (χ1v) is 6.14. The van der Waals surface area contributed by atoms with E-state index in [1.165, 1.54) is 22.5 Å². The molecule has 0 saturated heterocycles. The summed E-state index contributed by atoms with van der Waals surface area (Å²) in [6.45, 7) is 1.94. The summed E-state index contributed by atoms with van der Waals surface area (Å²) >= 11 is 1.46. The summed E-state index contributed by atoms with van der Waals surface area (Å²) in [4.78, 5) is 14.3. The van der Waals surface area contributed by atoms with Gasteiger partial charge < -0.3 is 10.1 Å². The van der Waals surface area contributed by atoms with Crippen LogP contribution in [0.4, 0.5) is 5.82 Å². The quantitative estimate of drug-likeness (QED) is 0.475. The summed E-state index contributed by atoms with van der Waals surface area (Å²) in [7, 11) is 1.63. The Balaban J connectivity index is 2.12. The van der Waals surface area contributed by atoms with Crippen molar-refractivity contribution in [2.24, 2.45) is 7.05 Å². The van der Waals surface area contributed by atoms with Gasteiger partial charge in [0.05, 0.1) is 12.8 Å². The van der Waals surface area contributed by atoms with Crippen molar-refractivity contribution in [3.05, 3.63) is 40.0 Å². The van der Waals surface area contributed by atoms with E-state index < -0.39 is 4.92 Å². The third-order valence-corrected chi connectivity index (χ3v) is 3.54. The zero-order chi connectivity index (χ0) is 13.1. The molecule has 2 heterocycles. The van der Waals surface area contributed by atoms with Gasteiger partial charge in [-0.15, -0.1) is 5.10 Å². The van der Waals surface area contributed by atoms with E-state index in [0.717, 1.165) is 10.6 Å². The molecule has 0 spiro atoms. The molecule has 0 aromatic carbocycles.